The molecule has 1 amide bonds. The average molecular weight is 388 g/mol. The lowest BCUT2D eigenvalue weighted by atomic mass is 9.86. The zero-order valence-electron chi connectivity index (χ0n) is 16.4. The number of nitrogens with zero attached hydrogens (tertiary/aromatic N) is 4. The lowest BCUT2D eigenvalue weighted by Crippen LogP contribution is -2.41. The molecule has 0 radical (unpaired) electrons. The van der Waals surface area contributed by atoms with Gasteiger partial charge in [-0.15, -0.1) is 10.2 Å². The first-order valence-corrected chi connectivity index (χ1v) is 10.8. The van der Waals surface area contributed by atoms with Crippen LogP contribution in [0.4, 0.5) is 0 Å². The summed E-state index contributed by atoms with van der Waals surface area (Å²) in [5.74, 6) is 2.27. The van der Waals surface area contributed by atoms with E-state index in [1.165, 1.54) is 31.0 Å². The van der Waals surface area contributed by atoms with E-state index in [-0.39, 0.29) is 5.91 Å². The lowest BCUT2D eigenvalue weighted by Gasteiger charge is -2.29. The minimum absolute atomic E-state index is 0.0841. The first kappa shape index (κ1) is 19.9. The van der Waals surface area contributed by atoms with Gasteiger partial charge in [0.2, 0.25) is 5.91 Å². The van der Waals surface area contributed by atoms with E-state index in [2.05, 4.69) is 45.8 Å². The van der Waals surface area contributed by atoms with Gasteiger partial charge in [0.25, 0.3) is 0 Å². The van der Waals surface area contributed by atoms with Crippen molar-refractivity contribution in [3.63, 3.8) is 0 Å². The molecule has 2 aromatic heterocycles. The van der Waals surface area contributed by atoms with E-state index in [1.54, 1.807) is 12.4 Å². The maximum atomic E-state index is 12.4. The first-order valence-electron chi connectivity index (χ1n) is 9.80. The molecule has 146 valence electrons. The molecule has 2 heterocycles. The summed E-state index contributed by atoms with van der Waals surface area (Å²) in [6.07, 6.45) is 8.32. The van der Waals surface area contributed by atoms with Gasteiger partial charge in [0.15, 0.2) is 11.0 Å². The number of rotatable bonds is 7. The number of nitrogens with one attached hydrogen (secondary N) is 1. The highest BCUT2D eigenvalue weighted by molar-refractivity contribution is 7.99. The van der Waals surface area contributed by atoms with Crippen LogP contribution in [0, 0.1) is 11.8 Å². The number of aromatic nitrogens is 4. The van der Waals surface area contributed by atoms with Gasteiger partial charge in [0.05, 0.1) is 5.75 Å². The topological polar surface area (TPSA) is 72.7 Å². The third-order valence-corrected chi connectivity index (χ3v) is 5.94. The molecule has 2 aromatic rings. The fourth-order valence-corrected chi connectivity index (χ4v) is 4.30. The molecule has 7 heteroatoms. The molecular formula is C20H29N5OS. The third kappa shape index (κ3) is 5.31. The Hall–Kier alpha value is -1.89. The van der Waals surface area contributed by atoms with Gasteiger partial charge in [-0.2, -0.15) is 0 Å². The van der Waals surface area contributed by atoms with E-state index in [4.69, 9.17) is 0 Å². The van der Waals surface area contributed by atoms with Gasteiger partial charge in [-0.3, -0.25) is 9.78 Å². The van der Waals surface area contributed by atoms with Gasteiger partial charge in [-0.05, 0) is 36.8 Å². The van der Waals surface area contributed by atoms with Gasteiger partial charge in [-0.25, -0.2) is 0 Å². The molecule has 0 aromatic carbocycles. The molecule has 1 N–H and O–H groups in total. The van der Waals surface area contributed by atoms with Crippen LogP contribution in [-0.2, 0) is 11.3 Å². The van der Waals surface area contributed by atoms with Gasteiger partial charge < -0.3 is 9.88 Å². The number of carbonyl (C=O) groups is 1. The smallest absolute Gasteiger partial charge is 0.230 e. The highest BCUT2D eigenvalue weighted by Crippen LogP contribution is 2.26. The first-order chi connectivity index (χ1) is 13.0. The zero-order valence-corrected chi connectivity index (χ0v) is 17.2. The van der Waals surface area contributed by atoms with E-state index >= 15 is 0 Å². The molecule has 3 rings (SSSR count). The molecule has 0 bridgehead atoms. The van der Waals surface area contributed by atoms with E-state index in [0.29, 0.717) is 23.6 Å². The summed E-state index contributed by atoms with van der Waals surface area (Å²) in [5.41, 5.74) is 0.943. The number of amides is 1. The predicted octanol–water partition coefficient (Wildman–Crippen LogP) is 3.78. The molecule has 2 atom stereocenters. The van der Waals surface area contributed by atoms with Crippen LogP contribution >= 0.6 is 11.8 Å². The lowest BCUT2D eigenvalue weighted by molar-refractivity contribution is -0.119. The van der Waals surface area contributed by atoms with Crippen LogP contribution in [0.25, 0.3) is 11.4 Å². The molecule has 1 saturated carbocycles. The van der Waals surface area contributed by atoms with E-state index < -0.39 is 0 Å². The average Bonchev–Trinajstić information content (AvgIpc) is 3.04. The number of pyridine rings is 1. The fourth-order valence-electron chi connectivity index (χ4n) is 3.54. The van der Waals surface area contributed by atoms with Crippen molar-refractivity contribution in [3.8, 4) is 11.4 Å². The van der Waals surface area contributed by atoms with Crippen LogP contribution in [0.5, 0.6) is 0 Å². The minimum atomic E-state index is 0.0841. The number of hydrogen-bond acceptors (Lipinski definition) is 5. The third-order valence-electron chi connectivity index (χ3n) is 4.97. The van der Waals surface area contributed by atoms with Crippen molar-refractivity contribution in [1.82, 2.24) is 25.1 Å². The van der Waals surface area contributed by atoms with Gasteiger partial charge in [0.1, 0.15) is 0 Å². The molecule has 1 aliphatic carbocycles. The highest BCUT2D eigenvalue weighted by Gasteiger charge is 2.23. The van der Waals surface area contributed by atoms with E-state index in [0.717, 1.165) is 29.5 Å². The number of carbonyl (C=O) groups excluding carboxylic acids is 1. The van der Waals surface area contributed by atoms with Crippen LogP contribution in [-0.4, -0.2) is 37.5 Å². The Balaban J connectivity index is 1.67. The van der Waals surface area contributed by atoms with Crippen molar-refractivity contribution in [3.05, 3.63) is 24.5 Å². The molecule has 6 nitrogen and oxygen atoms in total. The van der Waals surface area contributed by atoms with Crippen molar-refractivity contribution in [2.45, 2.75) is 64.2 Å². The van der Waals surface area contributed by atoms with Gasteiger partial charge in [0, 0.05) is 30.5 Å². The predicted molar refractivity (Wildman–Crippen MR) is 108 cm³/mol. The van der Waals surface area contributed by atoms with Crippen molar-refractivity contribution >= 4 is 17.7 Å². The molecule has 0 aliphatic heterocycles. The largest absolute Gasteiger partial charge is 0.352 e. The summed E-state index contributed by atoms with van der Waals surface area (Å²) in [7, 11) is 0. The van der Waals surface area contributed by atoms with Crippen molar-refractivity contribution in [1.29, 1.82) is 0 Å². The van der Waals surface area contributed by atoms with Gasteiger partial charge >= 0.3 is 0 Å². The number of thioether (sulfide) groups is 1. The monoisotopic (exact) mass is 387 g/mol. The molecule has 27 heavy (non-hydrogen) atoms. The van der Waals surface area contributed by atoms with Crippen LogP contribution in [0.1, 0.15) is 46.5 Å². The second-order valence-electron chi connectivity index (χ2n) is 7.78. The summed E-state index contributed by atoms with van der Waals surface area (Å²) in [6.45, 7) is 7.37. The van der Waals surface area contributed by atoms with Gasteiger partial charge in [-0.1, -0.05) is 45.4 Å². The fraction of sp³-hybridized carbons (Fsp3) is 0.600. The Labute approximate surface area is 165 Å². The van der Waals surface area contributed by atoms with E-state index in [9.17, 15) is 4.79 Å². The summed E-state index contributed by atoms with van der Waals surface area (Å²) in [6, 6.07) is 4.20. The van der Waals surface area contributed by atoms with Crippen molar-refractivity contribution in [2.24, 2.45) is 11.8 Å². The quantitative estimate of drug-likeness (QED) is 0.732. The SMILES string of the molecule is CC(C)Cn1c(SCC(=O)N[C@H]2CCCC[C@H]2C)nnc1-c1cccnc1. The van der Waals surface area contributed by atoms with Crippen LogP contribution in [0.15, 0.2) is 29.7 Å². The summed E-state index contributed by atoms with van der Waals surface area (Å²) < 4.78 is 2.10. The van der Waals surface area contributed by atoms with Crippen LogP contribution < -0.4 is 5.32 Å². The van der Waals surface area contributed by atoms with Crippen LogP contribution in [0.3, 0.4) is 0 Å². The second kappa shape index (κ2) is 9.35. The minimum Gasteiger partial charge on any atom is -0.352 e. The maximum absolute atomic E-state index is 12.4. The normalized spacial score (nSPS) is 20.0. The molecule has 0 saturated heterocycles. The number of hydrogen-bond donors (Lipinski definition) is 1. The molecule has 0 spiro atoms. The summed E-state index contributed by atoms with van der Waals surface area (Å²) in [5, 5.41) is 12.7. The Morgan fingerprint density at radius 3 is 2.85 bits per heavy atom. The Morgan fingerprint density at radius 1 is 1.33 bits per heavy atom. The molecule has 1 fully saturated rings. The Kier molecular flexibility index (Phi) is 6.88. The Morgan fingerprint density at radius 2 is 2.15 bits per heavy atom. The molecule has 1 aliphatic rings. The van der Waals surface area contributed by atoms with Crippen molar-refractivity contribution in [2.75, 3.05) is 5.75 Å². The highest BCUT2D eigenvalue weighted by atomic mass is 32.2. The maximum Gasteiger partial charge on any atom is 0.230 e. The summed E-state index contributed by atoms with van der Waals surface area (Å²) in [4.78, 5) is 16.6. The summed E-state index contributed by atoms with van der Waals surface area (Å²) >= 11 is 1.46. The second-order valence-corrected chi connectivity index (χ2v) is 8.72. The van der Waals surface area contributed by atoms with Crippen LogP contribution in [0.2, 0.25) is 0 Å². The van der Waals surface area contributed by atoms with E-state index in [1.807, 2.05) is 12.1 Å². The molecular weight excluding hydrogens is 358 g/mol. The molecule has 0 unspecified atom stereocenters. The van der Waals surface area contributed by atoms with Crippen molar-refractivity contribution < 1.29 is 4.79 Å². The zero-order chi connectivity index (χ0) is 19.2. The standard InChI is InChI=1S/C20H29N5OS/c1-14(2)12-25-19(16-8-6-10-21-11-16)23-24-20(25)27-13-18(26)22-17-9-5-4-7-15(17)3/h6,8,10-11,14-15,17H,4-5,7,9,12-13H2,1-3H3,(H,22,26)/t15-,17+/m1/s1. The Bertz CT molecular complexity index is 746.